The second-order valence-corrected chi connectivity index (χ2v) is 9.04. The Hall–Kier alpha value is -2.25. The van der Waals surface area contributed by atoms with Crippen molar-refractivity contribution >= 4 is 16.0 Å². The Morgan fingerprint density at radius 3 is 2.63 bits per heavy atom. The van der Waals surface area contributed by atoms with Crippen LogP contribution in [0, 0.1) is 5.82 Å². The third-order valence-corrected chi connectivity index (χ3v) is 7.15. The summed E-state index contributed by atoms with van der Waals surface area (Å²) in [5.74, 6) is -1.54. The van der Waals surface area contributed by atoms with E-state index in [0.717, 1.165) is 30.4 Å². The van der Waals surface area contributed by atoms with Crippen LogP contribution in [-0.4, -0.2) is 29.8 Å². The molecule has 0 radical (unpaired) electrons. The van der Waals surface area contributed by atoms with E-state index in [-0.39, 0.29) is 23.0 Å². The number of sulfonamides is 1. The number of aromatic carboxylic acids is 1. The van der Waals surface area contributed by atoms with E-state index in [0.29, 0.717) is 18.4 Å². The van der Waals surface area contributed by atoms with Crippen molar-refractivity contribution in [3.8, 4) is 0 Å². The van der Waals surface area contributed by atoms with E-state index in [1.165, 1.54) is 22.5 Å². The molecular weight excluding hydrogens is 369 g/mol. The zero-order valence-electron chi connectivity index (χ0n) is 14.7. The predicted molar refractivity (Wildman–Crippen MR) is 97.6 cm³/mol. The van der Waals surface area contributed by atoms with E-state index >= 15 is 0 Å². The number of halogens is 1. The number of aryl methyl sites for hydroxylation is 1. The van der Waals surface area contributed by atoms with Gasteiger partial charge in [0, 0.05) is 12.6 Å². The van der Waals surface area contributed by atoms with Crippen LogP contribution >= 0.6 is 0 Å². The first-order chi connectivity index (χ1) is 12.9. The summed E-state index contributed by atoms with van der Waals surface area (Å²) in [5.41, 5.74) is 2.10. The maximum atomic E-state index is 13.5. The van der Waals surface area contributed by atoms with Crippen LogP contribution in [0.15, 0.2) is 41.3 Å². The second-order valence-electron chi connectivity index (χ2n) is 7.18. The lowest BCUT2D eigenvalue weighted by atomic mass is 10.1. The predicted octanol–water partition coefficient (Wildman–Crippen LogP) is 3.37. The van der Waals surface area contributed by atoms with Crippen molar-refractivity contribution in [1.29, 1.82) is 0 Å². The molecule has 2 aromatic carbocycles. The molecule has 0 amide bonds. The van der Waals surface area contributed by atoms with Crippen LogP contribution in [0.25, 0.3) is 0 Å². The number of carboxylic acids is 1. The molecule has 5 nitrogen and oxygen atoms in total. The number of carboxylic acid groups (broad SMARTS) is 1. The Bertz CT molecular complexity index is 1010. The van der Waals surface area contributed by atoms with Crippen LogP contribution < -0.4 is 0 Å². The Kier molecular flexibility index (Phi) is 4.52. The lowest BCUT2D eigenvalue weighted by molar-refractivity contribution is 0.0696. The maximum absolute atomic E-state index is 13.5. The van der Waals surface area contributed by atoms with Crippen molar-refractivity contribution < 1.29 is 22.7 Å². The van der Waals surface area contributed by atoms with Crippen molar-refractivity contribution in [2.75, 3.05) is 0 Å². The zero-order valence-corrected chi connectivity index (χ0v) is 15.5. The molecule has 7 heteroatoms. The molecule has 1 N–H and O–H groups in total. The average Bonchev–Trinajstić information content (AvgIpc) is 3.34. The van der Waals surface area contributed by atoms with Crippen molar-refractivity contribution in [3.63, 3.8) is 0 Å². The first-order valence-electron chi connectivity index (χ1n) is 9.01. The van der Waals surface area contributed by atoms with Gasteiger partial charge < -0.3 is 5.11 Å². The number of fused-ring (bicyclic) bond motifs is 1. The molecule has 0 unspecified atom stereocenters. The molecule has 0 atom stereocenters. The van der Waals surface area contributed by atoms with Gasteiger partial charge in [-0.25, -0.2) is 17.6 Å². The first-order valence-corrected chi connectivity index (χ1v) is 10.5. The molecule has 4 rings (SSSR count). The highest BCUT2D eigenvalue weighted by Gasteiger charge is 2.40. The standard InChI is InChI=1S/C20H20FNO4S/c21-16-5-1-3-13(9-16)12-22(17-7-8-17)27(25,26)19-11-15(20(23)24)10-14-4-2-6-18(14)19/h1,3,5,9-11,17H,2,4,6-8,12H2,(H,23,24). The summed E-state index contributed by atoms with van der Waals surface area (Å²) in [4.78, 5) is 11.6. The van der Waals surface area contributed by atoms with Gasteiger partial charge in [-0.15, -0.1) is 0 Å². The summed E-state index contributed by atoms with van der Waals surface area (Å²) < 4.78 is 41.9. The van der Waals surface area contributed by atoms with Crippen molar-refractivity contribution in [2.45, 2.75) is 49.6 Å². The van der Waals surface area contributed by atoms with Crippen LogP contribution in [0.3, 0.4) is 0 Å². The molecule has 1 fully saturated rings. The fraction of sp³-hybridized carbons (Fsp3) is 0.350. The monoisotopic (exact) mass is 389 g/mol. The Morgan fingerprint density at radius 2 is 1.96 bits per heavy atom. The lowest BCUT2D eigenvalue weighted by Gasteiger charge is -2.24. The minimum Gasteiger partial charge on any atom is -0.478 e. The van der Waals surface area contributed by atoms with Gasteiger partial charge in [-0.05, 0) is 73.1 Å². The van der Waals surface area contributed by atoms with Gasteiger partial charge >= 0.3 is 5.97 Å². The molecule has 0 saturated heterocycles. The van der Waals surface area contributed by atoms with Gasteiger partial charge in [-0.3, -0.25) is 0 Å². The third kappa shape index (κ3) is 3.49. The third-order valence-electron chi connectivity index (χ3n) is 5.19. The molecule has 1 saturated carbocycles. The molecule has 2 aromatic rings. The molecule has 2 aliphatic carbocycles. The number of nitrogens with zero attached hydrogens (tertiary/aromatic N) is 1. The largest absolute Gasteiger partial charge is 0.478 e. The number of hydrogen-bond donors (Lipinski definition) is 1. The van der Waals surface area contributed by atoms with E-state index in [4.69, 9.17) is 0 Å². The molecule has 0 aliphatic heterocycles. The van der Waals surface area contributed by atoms with E-state index < -0.39 is 21.8 Å². The number of rotatable bonds is 6. The van der Waals surface area contributed by atoms with Gasteiger partial charge in [-0.1, -0.05) is 12.1 Å². The summed E-state index contributed by atoms with van der Waals surface area (Å²) in [6.07, 6.45) is 3.65. The smallest absolute Gasteiger partial charge is 0.335 e. The molecule has 0 aromatic heterocycles. The van der Waals surface area contributed by atoms with Crippen LogP contribution in [0.2, 0.25) is 0 Å². The minimum absolute atomic E-state index is 0.00396. The molecular formula is C20H20FNO4S. The highest BCUT2D eigenvalue weighted by molar-refractivity contribution is 7.89. The molecule has 27 heavy (non-hydrogen) atoms. The fourth-order valence-corrected chi connectivity index (χ4v) is 5.73. The van der Waals surface area contributed by atoms with Crippen molar-refractivity contribution in [1.82, 2.24) is 4.31 Å². The van der Waals surface area contributed by atoms with Gasteiger partial charge in [0.25, 0.3) is 0 Å². The Labute approximate surface area is 157 Å². The van der Waals surface area contributed by atoms with E-state index in [9.17, 15) is 22.7 Å². The van der Waals surface area contributed by atoms with Crippen molar-refractivity contribution in [2.24, 2.45) is 0 Å². The Balaban J connectivity index is 1.78. The molecule has 2 aliphatic rings. The quantitative estimate of drug-likeness (QED) is 0.822. The van der Waals surface area contributed by atoms with E-state index in [2.05, 4.69) is 0 Å². The van der Waals surface area contributed by atoms with Crippen LogP contribution in [0.4, 0.5) is 4.39 Å². The number of carbonyl (C=O) groups is 1. The van der Waals surface area contributed by atoms with Gasteiger partial charge in [-0.2, -0.15) is 4.31 Å². The topological polar surface area (TPSA) is 74.7 Å². The summed E-state index contributed by atoms with van der Waals surface area (Å²) in [5, 5.41) is 9.38. The average molecular weight is 389 g/mol. The highest BCUT2D eigenvalue weighted by atomic mass is 32.2. The van der Waals surface area contributed by atoms with Crippen LogP contribution in [0.1, 0.15) is 46.3 Å². The van der Waals surface area contributed by atoms with E-state index in [1.54, 1.807) is 18.2 Å². The summed E-state index contributed by atoms with van der Waals surface area (Å²) in [6, 6.07) is 8.66. The van der Waals surface area contributed by atoms with Gasteiger partial charge in [0.1, 0.15) is 5.82 Å². The summed E-state index contributed by atoms with van der Waals surface area (Å²) in [7, 11) is -3.88. The molecule has 0 spiro atoms. The molecule has 0 heterocycles. The normalized spacial score (nSPS) is 16.5. The SMILES string of the molecule is O=C(O)c1cc2c(c(S(=O)(=O)N(Cc3cccc(F)c3)C3CC3)c1)CCC2. The number of hydrogen-bond acceptors (Lipinski definition) is 3. The Morgan fingerprint density at radius 1 is 1.19 bits per heavy atom. The highest BCUT2D eigenvalue weighted by Crippen LogP contribution is 2.37. The lowest BCUT2D eigenvalue weighted by Crippen LogP contribution is -2.33. The minimum atomic E-state index is -3.88. The van der Waals surface area contributed by atoms with Crippen LogP contribution in [-0.2, 0) is 29.4 Å². The second kappa shape index (κ2) is 6.73. The summed E-state index contributed by atoms with van der Waals surface area (Å²) in [6.45, 7) is 0.0802. The molecule has 142 valence electrons. The zero-order chi connectivity index (χ0) is 19.2. The van der Waals surface area contributed by atoms with E-state index in [1.807, 2.05) is 0 Å². The van der Waals surface area contributed by atoms with Crippen LogP contribution in [0.5, 0.6) is 0 Å². The fourth-order valence-electron chi connectivity index (χ4n) is 3.73. The van der Waals surface area contributed by atoms with Gasteiger partial charge in [0.15, 0.2) is 0 Å². The van der Waals surface area contributed by atoms with Gasteiger partial charge in [0.2, 0.25) is 10.0 Å². The van der Waals surface area contributed by atoms with Gasteiger partial charge in [0.05, 0.1) is 10.5 Å². The molecule has 0 bridgehead atoms. The van der Waals surface area contributed by atoms with Crippen molar-refractivity contribution in [3.05, 3.63) is 64.5 Å². The number of benzene rings is 2. The summed E-state index contributed by atoms with van der Waals surface area (Å²) >= 11 is 0. The maximum Gasteiger partial charge on any atom is 0.335 e. The first kappa shape index (κ1) is 18.1.